The van der Waals surface area contributed by atoms with Gasteiger partial charge in [0.2, 0.25) is 0 Å². The van der Waals surface area contributed by atoms with Crippen molar-refractivity contribution in [3.8, 4) is 0 Å². The molecule has 0 bridgehead atoms. The van der Waals surface area contributed by atoms with E-state index in [1.807, 2.05) is 0 Å². The lowest BCUT2D eigenvalue weighted by Crippen LogP contribution is -2.30. The van der Waals surface area contributed by atoms with Crippen LogP contribution in [0.25, 0.3) is 0 Å². The van der Waals surface area contributed by atoms with E-state index in [1.165, 1.54) is 186 Å². The quantitative estimate of drug-likeness (QED) is 0.0261. The molecule has 6 heteroatoms. The second-order valence-electron chi connectivity index (χ2n) is 21.3. The topological polar surface area (TPSA) is 78.9 Å². The summed E-state index contributed by atoms with van der Waals surface area (Å²) < 4.78 is 16.9. The number of hydrogen-bond acceptors (Lipinski definition) is 6. The predicted molar refractivity (Wildman–Crippen MR) is 325 cm³/mol. The maximum atomic E-state index is 12.9. The molecular weight excluding hydrogens is 925 g/mol. The Morgan fingerprint density at radius 2 is 0.480 bits per heavy atom. The summed E-state index contributed by atoms with van der Waals surface area (Å²) in [5.41, 5.74) is 0. The van der Waals surface area contributed by atoms with Crippen LogP contribution in [0.2, 0.25) is 0 Å². The minimum atomic E-state index is -0.794. The fourth-order valence-electron chi connectivity index (χ4n) is 8.98. The van der Waals surface area contributed by atoms with Crippen molar-refractivity contribution in [2.75, 3.05) is 13.2 Å². The van der Waals surface area contributed by atoms with E-state index in [0.29, 0.717) is 19.3 Å². The Labute approximate surface area is 465 Å². The van der Waals surface area contributed by atoms with Crippen molar-refractivity contribution in [3.05, 3.63) is 85.1 Å². The molecule has 0 spiro atoms. The minimum absolute atomic E-state index is 0.0889. The molecule has 0 aliphatic rings. The van der Waals surface area contributed by atoms with Crippen molar-refractivity contribution in [3.63, 3.8) is 0 Å². The first-order chi connectivity index (χ1) is 37.0. The van der Waals surface area contributed by atoms with Gasteiger partial charge in [-0.15, -0.1) is 0 Å². The molecule has 0 saturated heterocycles. The van der Waals surface area contributed by atoms with Crippen LogP contribution < -0.4 is 0 Å². The van der Waals surface area contributed by atoms with E-state index in [0.717, 1.165) is 89.9 Å². The number of rotatable bonds is 58. The first-order valence-electron chi connectivity index (χ1n) is 32.1. The number of unbranched alkanes of at least 4 members (excludes halogenated alkanes) is 33. The number of hydrogen-bond donors (Lipinski definition) is 0. The van der Waals surface area contributed by atoms with E-state index in [-0.39, 0.29) is 31.1 Å². The van der Waals surface area contributed by atoms with Crippen molar-refractivity contribution in [1.29, 1.82) is 0 Å². The predicted octanol–water partition coefficient (Wildman–Crippen LogP) is 21.9. The van der Waals surface area contributed by atoms with Gasteiger partial charge < -0.3 is 14.2 Å². The lowest BCUT2D eigenvalue weighted by molar-refractivity contribution is -0.167. The van der Waals surface area contributed by atoms with Gasteiger partial charge in [-0.25, -0.2) is 0 Å². The average Bonchev–Trinajstić information content (AvgIpc) is 3.41. The molecule has 6 nitrogen and oxygen atoms in total. The molecule has 0 aromatic rings. The minimum Gasteiger partial charge on any atom is -0.462 e. The second kappa shape index (κ2) is 63.1. The molecule has 0 rings (SSSR count). The third-order valence-electron chi connectivity index (χ3n) is 13.8. The second-order valence-corrected chi connectivity index (χ2v) is 21.3. The monoisotopic (exact) mass is 1040 g/mol. The Morgan fingerprint density at radius 3 is 0.800 bits per heavy atom. The number of carbonyl (C=O) groups is 3. The van der Waals surface area contributed by atoms with Gasteiger partial charge in [-0.2, -0.15) is 0 Å². The molecule has 0 heterocycles. The van der Waals surface area contributed by atoms with E-state index in [2.05, 4.69) is 106 Å². The Bertz CT molecular complexity index is 1430. The van der Waals surface area contributed by atoms with Gasteiger partial charge >= 0.3 is 17.9 Å². The van der Waals surface area contributed by atoms with E-state index in [9.17, 15) is 14.4 Å². The number of carbonyl (C=O) groups excluding carboxylic acids is 3. The summed E-state index contributed by atoms with van der Waals surface area (Å²) in [6, 6.07) is 0. The van der Waals surface area contributed by atoms with Crippen LogP contribution in [0.1, 0.15) is 316 Å². The Morgan fingerprint density at radius 1 is 0.267 bits per heavy atom. The lowest BCUT2D eigenvalue weighted by Gasteiger charge is -2.18. The Balaban J connectivity index is 4.44. The molecule has 0 aliphatic carbocycles. The normalized spacial score (nSPS) is 12.6. The molecule has 0 radical (unpaired) electrons. The maximum absolute atomic E-state index is 12.9. The fourth-order valence-corrected chi connectivity index (χ4v) is 8.98. The van der Waals surface area contributed by atoms with E-state index >= 15 is 0 Å². The summed E-state index contributed by atoms with van der Waals surface area (Å²) in [6.45, 7) is 6.58. The Kier molecular flexibility index (Phi) is 60.3. The first-order valence-corrected chi connectivity index (χ1v) is 32.1. The summed E-state index contributed by atoms with van der Waals surface area (Å²) in [5.74, 6) is -0.914. The van der Waals surface area contributed by atoms with Gasteiger partial charge in [0.1, 0.15) is 13.2 Å². The smallest absolute Gasteiger partial charge is 0.306 e. The number of ether oxygens (including phenoxy) is 3. The molecule has 0 aromatic carbocycles. The SMILES string of the molecule is CCCCC/C=C\C/C=C\C/C=C\C/C=C\CCCCCC(=O)OC[C@H](COC(=O)CCCCCCCCCCC/C=C\C/C=C\CCCCC)OC(=O)CCCCCCCCCCC/C=C\CCCCCCCC. The lowest BCUT2D eigenvalue weighted by atomic mass is 10.1. The van der Waals surface area contributed by atoms with Crippen molar-refractivity contribution in [2.45, 2.75) is 322 Å². The zero-order valence-corrected chi connectivity index (χ0v) is 49.6. The third kappa shape index (κ3) is 61.3. The summed E-state index contributed by atoms with van der Waals surface area (Å²) >= 11 is 0. The molecule has 432 valence electrons. The van der Waals surface area contributed by atoms with Gasteiger partial charge in [-0.1, -0.05) is 260 Å². The molecule has 0 fully saturated rings. The molecule has 0 aromatic heterocycles. The van der Waals surface area contributed by atoms with Gasteiger partial charge in [-0.3, -0.25) is 14.4 Å². The summed E-state index contributed by atoms with van der Waals surface area (Å²) in [4.78, 5) is 38.3. The zero-order chi connectivity index (χ0) is 54.3. The molecule has 1 atom stereocenters. The third-order valence-corrected chi connectivity index (χ3v) is 13.8. The maximum Gasteiger partial charge on any atom is 0.306 e. The highest BCUT2D eigenvalue weighted by Crippen LogP contribution is 2.16. The van der Waals surface area contributed by atoms with Gasteiger partial charge in [0.05, 0.1) is 0 Å². The van der Waals surface area contributed by atoms with Gasteiger partial charge in [0.25, 0.3) is 0 Å². The van der Waals surface area contributed by atoms with Gasteiger partial charge in [0, 0.05) is 19.3 Å². The summed E-state index contributed by atoms with van der Waals surface area (Å²) in [6.07, 6.45) is 82.9. The molecule has 75 heavy (non-hydrogen) atoms. The highest BCUT2D eigenvalue weighted by atomic mass is 16.6. The molecule has 0 saturated carbocycles. The molecule has 0 N–H and O–H groups in total. The van der Waals surface area contributed by atoms with Gasteiger partial charge in [0.15, 0.2) is 6.10 Å². The largest absolute Gasteiger partial charge is 0.462 e. The summed E-state index contributed by atoms with van der Waals surface area (Å²) in [7, 11) is 0. The van der Waals surface area contributed by atoms with Crippen molar-refractivity contribution < 1.29 is 28.6 Å². The average molecular weight is 1050 g/mol. The molecular formula is C69H120O6. The van der Waals surface area contributed by atoms with Gasteiger partial charge in [-0.05, 0) is 122 Å². The van der Waals surface area contributed by atoms with Crippen molar-refractivity contribution in [1.82, 2.24) is 0 Å². The van der Waals surface area contributed by atoms with Crippen molar-refractivity contribution in [2.24, 2.45) is 0 Å². The van der Waals surface area contributed by atoms with E-state index in [1.54, 1.807) is 0 Å². The molecule has 0 aliphatic heterocycles. The van der Waals surface area contributed by atoms with Crippen LogP contribution >= 0.6 is 0 Å². The van der Waals surface area contributed by atoms with Crippen LogP contribution in [0.5, 0.6) is 0 Å². The highest BCUT2D eigenvalue weighted by Gasteiger charge is 2.19. The van der Waals surface area contributed by atoms with Crippen molar-refractivity contribution >= 4 is 17.9 Å². The fraction of sp³-hybridized carbons (Fsp3) is 0.754. The van der Waals surface area contributed by atoms with Crippen LogP contribution in [0.3, 0.4) is 0 Å². The van der Waals surface area contributed by atoms with Crippen LogP contribution in [-0.2, 0) is 28.6 Å². The van der Waals surface area contributed by atoms with Crippen LogP contribution in [0, 0.1) is 0 Å². The van der Waals surface area contributed by atoms with Crippen LogP contribution in [0.4, 0.5) is 0 Å². The summed E-state index contributed by atoms with van der Waals surface area (Å²) in [5, 5.41) is 0. The van der Waals surface area contributed by atoms with Crippen LogP contribution in [-0.4, -0.2) is 37.2 Å². The van der Waals surface area contributed by atoms with E-state index in [4.69, 9.17) is 14.2 Å². The van der Waals surface area contributed by atoms with Crippen LogP contribution in [0.15, 0.2) is 85.1 Å². The zero-order valence-electron chi connectivity index (χ0n) is 49.6. The highest BCUT2D eigenvalue weighted by molar-refractivity contribution is 5.71. The molecule has 0 amide bonds. The molecule has 0 unspecified atom stereocenters. The first kappa shape index (κ1) is 71.6. The number of allylic oxidation sites excluding steroid dienone is 14. The number of esters is 3. The standard InChI is InChI=1S/C69H120O6/c1-4-7-10-13-16-19-22-25-28-31-34-37-40-43-46-49-52-55-58-61-67(70)73-64-66(75-69(72)63-60-57-54-51-48-45-42-39-36-33-30-27-24-21-18-15-12-9-6-3)65-74-68(71)62-59-56-53-50-47-44-41-38-35-32-29-26-23-20-17-14-11-8-5-2/h16-17,19-20,25-30,34,37,43,46,66H,4-15,18,21-24,31-33,35-36,38-42,44-45,47-65H2,1-3H3/b19-16-,20-17-,28-25-,29-26-,30-27-,37-34-,46-43-/t66-/m1/s1. The van der Waals surface area contributed by atoms with E-state index < -0.39 is 6.10 Å². The Hall–Kier alpha value is -3.41.